The summed E-state index contributed by atoms with van der Waals surface area (Å²) in [4.78, 5) is 17.4. The van der Waals surface area contributed by atoms with E-state index in [-0.39, 0.29) is 5.97 Å². The molecule has 0 spiro atoms. The first-order valence-electron chi connectivity index (χ1n) is 10.5. The number of aryl methyl sites for hydroxylation is 2. The van der Waals surface area contributed by atoms with Crippen molar-refractivity contribution >= 4 is 5.97 Å². The van der Waals surface area contributed by atoms with Crippen LogP contribution in [-0.2, 0) is 6.42 Å². The van der Waals surface area contributed by atoms with Gasteiger partial charge in [0.1, 0.15) is 0 Å². The number of hydrogen-bond acceptors (Lipinski definition) is 5. The molecular formula is C24H32N2O3. The minimum Gasteiger partial charge on any atom is -0.490 e. The number of rotatable bonds is 8. The molecule has 1 heterocycles. The van der Waals surface area contributed by atoms with Crippen LogP contribution in [0.15, 0.2) is 42.5 Å². The molecule has 1 aliphatic rings. The van der Waals surface area contributed by atoms with Crippen LogP contribution in [0.2, 0.25) is 0 Å². The number of likely N-dealkylation sites (N-methyl/N-ethyl adjacent to an activating group) is 1. The topological polar surface area (TPSA) is 42.0 Å². The van der Waals surface area contributed by atoms with Gasteiger partial charge in [0.15, 0.2) is 11.5 Å². The minimum absolute atomic E-state index is 0.367. The molecule has 0 unspecified atom stereocenters. The molecular weight excluding hydrogens is 364 g/mol. The fourth-order valence-corrected chi connectivity index (χ4v) is 3.49. The smallest absolute Gasteiger partial charge is 0.343 e. The molecule has 0 bridgehead atoms. The molecule has 2 aromatic carbocycles. The molecule has 156 valence electrons. The number of carbonyl (C=O) groups is 1. The van der Waals surface area contributed by atoms with Crippen LogP contribution in [0, 0.1) is 6.92 Å². The van der Waals surface area contributed by atoms with Gasteiger partial charge in [-0.25, -0.2) is 4.79 Å². The van der Waals surface area contributed by atoms with Crippen molar-refractivity contribution in [2.75, 3.05) is 46.4 Å². The van der Waals surface area contributed by atoms with Crippen molar-refractivity contribution in [1.82, 2.24) is 9.80 Å². The maximum absolute atomic E-state index is 12.5. The molecule has 0 amide bonds. The van der Waals surface area contributed by atoms with E-state index in [2.05, 4.69) is 16.8 Å². The maximum atomic E-state index is 12.5. The number of benzene rings is 2. The molecule has 29 heavy (non-hydrogen) atoms. The highest BCUT2D eigenvalue weighted by atomic mass is 16.6. The molecule has 5 nitrogen and oxygen atoms in total. The van der Waals surface area contributed by atoms with E-state index in [1.807, 2.05) is 44.2 Å². The molecule has 1 aliphatic heterocycles. The van der Waals surface area contributed by atoms with Gasteiger partial charge in [-0.3, -0.25) is 0 Å². The van der Waals surface area contributed by atoms with Gasteiger partial charge in [0.05, 0.1) is 12.2 Å². The minimum atomic E-state index is -0.367. The van der Waals surface area contributed by atoms with E-state index < -0.39 is 0 Å². The Morgan fingerprint density at radius 2 is 1.72 bits per heavy atom. The Hall–Kier alpha value is -2.37. The average molecular weight is 397 g/mol. The zero-order valence-corrected chi connectivity index (χ0v) is 17.8. The molecule has 5 heteroatoms. The van der Waals surface area contributed by atoms with Gasteiger partial charge in [0.25, 0.3) is 0 Å². The first kappa shape index (κ1) is 21.3. The van der Waals surface area contributed by atoms with Crippen LogP contribution in [-0.4, -0.2) is 62.1 Å². The second-order valence-electron chi connectivity index (χ2n) is 7.72. The van der Waals surface area contributed by atoms with Crippen LogP contribution in [0.25, 0.3) is 0 Å². The van der Waals surface area contributed by atoms with Gasteiger partial charge in [0, 0.05) is 26.2 Å². The van der Waals surface area contributed by atoms with Crippen LogP contribution in [0.1, 0.15) is 34.8 Å². The van der Waals surface area contributed by atoms with Crippen molar-refractivity contribution in [3.05, 3.63) is 59.2 Å². The van der Waals surface area contributed by atoms with Crippen molar-refractivity contribution in [2.45, 2.75) is 26.7 Å². The van der Waals surface area contributed by atoms with Gasteiger partial charge < -0.3 is 19.3 Å². The largest absolute Gasteiger partial charge is 0.490 e. The molecule has 3 rings (SSSR count). The zero-order valence-electron chi connectivity index (χ0n) is 17.8. The van der Waals surface area contributed by atoms with Crippen molar-refractivity contribution in [3.8, 4) is 11.5 Å². The molecule has 0 radical (unpaired) electrons. The summed E-state index contributed by atoms with van der Waals surface area (Å²) in [5, 5.41) is 0. The summed E-state index contributed by atoms with van der Waals surface area (Å²) in [6.45, 7) is 10.2. The van der Waals surface area contributed by atoms with E-state index in [1.54, 1.807) is 12.1 Å². The monoisotopic (exact) mass is 396 g/mol. The van der Waals surface area contributed by atoms with Gasteiger partial charge in [-0.05, 0) is 70.1 Å². The fourth-order valence-electron chi connectivity index (χ4n) is 3.49. The van der Waals surface area contributed by atoms with Crippen LogP contribution in [0.3, 0.4) is 0 Å². The van der Waals surface area contributed by atoms with E-state index in [4.69, 9.17) is 9.47 Å². The average Bonchev–Trinajstić information content (AvgIpc) is 2.72. The molecule has 2 aromatic rings. The lowest BCUT2D eigenvalue weighted by molar-refractivity contribution is 0.0728. The van der Waals surface area contributed by atoms with E-state index in [1.165, 1.54) is 5.56 Å². The Kier molecular flexibility index (Phi) is 7.67. The van der Waals surface area contributed by atoms with Gasteiger partial charge in [-0.2, -0.15) is 0 Å². The van der Waals surface area contributed by atoms with Crippen LogP contribution in [0.4, 0.5) is 0 Å². The molecule has 0 atom stereocenters. The molecule has 0 N–H and O–H groups in total. The van der Waals surface area contributed by atoms with Crippen LogP contribution >= 0.6 is 0 Å². The highest BCUT2D eigenvalue weighted by molar-refractivity contribution is 5.91. The molecule has 0 saturated carbocycles. The third-order valence-electron chi connectivity index (χ3n) is 5.33. The summed E-state index contributed by atoms with van der Waals surface area (Å²) < 4.78 is 11.4. The van der Waals surface area contributed by atoms with E-state index >= 15 is 0 Å². The standard InChI is InChI=1S/C24H32N2O3/c1-4-28-23-18-20(6-5-13-26-16-14-25(3)15-17-26)9-12-22(23)29-24(27)21-10-7-19(2)8-11-21/h7-12,18H,4-6,13-17H2,1-3H3. The fraction of sp³-hybridized carbons (Fsp3) is 0.458. The second kappa shape index (κ2) is 10.4. The lowest BCUT2D eigenvalue weighted by atomic mass is 10.1. The Labute approximate surface area is 174 Å². The number of hydrogen-bond donors (Lipinski definition) is 0. The van der Waals surface area contributed by atoms with E-state index in [9.17, 15) is 4.79 Å². The summed E-state index contributed by atoms with van der Waals surface area (Å²) in [7, 11) is 2.18. The summed E-state index contributed by atoms with van der Waals surface area (Å²) >= 11 is 0. The molecule has 1 saturated heterocycles. The summed E-state index contributed by atoms with van der Waals surface area (Å²) in [6.07, 6.45) is 2.09. The van der Waals surface area contributed by atoms with Crippen molar-refractivity contribution in [2.24, 2.45) is 0 Å². The number of piperazine rings is 1. The number of ether oxygens (including phenoxy) is 2. The third-order valence-corrected chi connectivity index (χ3v) is 5.33. The summed E-state index contributed by atoms with van der Waals surface area (Å²) in [6, 6.07) is 13.3. The summed E-state index contributed by atoms with van der Waals surface area (Å²) in [5.74, 6) is 0.735. The Balaban J connectivity index is 1.59. The summed E-state index contributed by atoms with van der Waals surface area (Å²) in [5.41, 5.74) is 2.85. The number of carbonyl (C=O) groups excluding carboxylic acids is 1. The highest BCUT2D eigenvalue weighted by Crippen LogP contribution is 2.30. The first-order valence-corrected chi connectivity index (χ1v) is 10.5. The third kappa shape index (κ3) is 6.31. The van der Waals surface area contributed by atoms with Crippen LogP contribution < -0.4 is 9.47 Å². The highest BCUT2D eigenvalue weighted by Gasteiger charge is 2.15. The predicted molar refractivity (Wildman–Crippen MR) is 116 cm³/mol. The van der Waals surface area contributed by atoms with Gasteiger partial charge in [-0.15, -0.1) is 0 Å². The van der Waals surface area contributed by atoms with Gasteiger partial charge >= 0.3 is 5.97 Å². The SMILES string of the molecule is CCOc1cc(CCCN2CCN(C)CC2)ccc1OC(=O)c1ccc(C)cc1. The molecule has 1 fully saturated rings. The van der Waals surface area contributed by atoms with Crippen LogP contribution in [0.5, 0.6) is 11.5 Å². The lowest BCUT2D eigenvalue weighted by Gasteiger charge is -2.32. The number of esters is 1. The van der Waals surface area contributed by atoms with E-state index in [0.29, 0.717) is 23.7 Å². The predicted octanol–water partition coefficient (Wildman–Crippen LogP) is 3.79. The molecule has 0 aliphatic carbocycles. The van der Waals surface area contributed by atoms with Crippen molar-refractivity contribution in [3.63, 3.8) is 0 Å². The quantitative estimate of drug-likeness (QED) is 0.502. The Morgan fingerprint density at radius 1 is 1.00 bits per heavy atom. The Bertz CT molecular complexity index is 796. The molecule has 0 aromatic heterocycles. The van der Waals surface area contributed by atoms with Gasteiger partial charge in [-0.1, -0.05) is 23.8 Å². The van der Waals surface area contributed by atoms with Gasteiger partial charge in [0.2, 0.25) is 0 Å². The van der Waals surface area contributed by atoms with E-state index in [0.717, 1.165) is 51.1 Å². The zero-order chi connectivity index (χ0) is 20.6. The van der Waals surface area contributed by atoms with Crippen molar-refractivity contribution in [1.29, 1.82) is 0 Å². The normalized spacial score (nSPS) is 15.3. The Morgan fingerprint density at radius 3 is 2.41 bits per heavy atom. The lowest BCUT2D eigenvalue weighted by Crippen LogP contribution is -2.44. The first-order chi connectivity index (χ1) is 14.0. The second-order valence-corrected chi connectivity index (χ2v) is 7.72. The maximum Gasteiger partial charge on any atom is 0.343 e. The number of nitrogens with zero attached hydrogens (tertiary/aromatic N) is 2. The van der Waals surface area contributed by atoms with Crippen molar-refractivity contribution < 1.29 is 14.3 Å².